The second-order valence-electron chi connectivity index (χ2n) is 10.4. The van der Waals surface area contributed by atoms with Gasteiger partial charge in [-0.05, 0) is 24.6 Å². The Morgan fingerprint density at radius 1 is 1.14 bits per heavy atom. The Hall–Kier alpha value is -3.60. The van der Waals surface area contributed by atoms with Gasteiger partial charge in [0.05, 0.1) is 48.6 Å². The molecular weight excluding hydrogens is 581 g/mol. The van der Waals surface area contributed by atoms with E-state index in [9.17, 15) is 9.59 Å². The first kappa shape index (κ1) is 29.9. The molecule has 0 spiro atoms. The van der Waals surface area contributed by atoms with Gasteiger partial charge in [0, 0.05) is 67.6 Å². The third-order valence-electron chi connectivity index (χ3n) is 7.73. The van der Waals surface area contributed by atoms with E-state index in [1.807, 2.05) is 12.1 Å². The van der Waals surface area contributed by atoms with E-state index in [0.717, 1.165) is 17.2 Å². The van der Waals surface area contributed by atoms with Crippen molar-refractivity contribution in [3.8, 4) is 22.8 Å². The molecule has 2 aliphatic heterocycles. The molecule has 1 amide bonds. The number of nitrogens with one attached hydrogen (secondary N) is 2. The number of ether oxygens (including phenoxy) is 3. The maximum atomic E-state index is 12.2. The van der Waals surface area contributed by atoms with Crippen LogP contribution >= 0.6 is 23.2 Å². The molecule has 2 aromatic heterocycles. The van der Waals surface area contributed by atoms with Gasteiger partial charge in [-0.1, -0.05) is 29.8 Å². The molecule has 5 rings (SSSR count). The monoisotopic (exact) mass is 613 g/mol. The number of benzene rings is 1. The highest BCUT2D eigenvalue weighted by molar-refractivity contribution is 6.41. The van der Waals surface area contributed by atoms with E-state index >= 15 is 0 Å². The molecule has 2 saturated heterocycles. The van der Waals surface area contributed by atoms with Crippen molar-refractivity contribution in [1.82, 2.24) is 14.9 Å². The normalized spacial score (nSPS) is 20.0. The van der Waals surface area contributed by atoms with Gasteiger partial charge in [0.15, 0.2) is 5.78 Å². The number of fused-ring (bicyclic) bond motifs is 1. The zero-order chi connectivity index (χ0) is 30.0. The minimum atomic E-state index is -0.156. The van der Waals surface area contributed by atoms with Crippen LogP contribution in [0.25, 0.3) is 22.0 Å². The molecule has 3 aromatic rings. The molecule has 42 heavy (non-hydrogen) atoms. The summed E-state index contributed by atoms with van der Waals surface area (Å²) in [6, 6.07) is 5.33. The van der Waals surface area contributed by atoms with Gasteiger partial charge in [-0.3, -0.25) is 9.59 Å². The van der Waals surface area contributed by atoms with Crippen molar-refractivity contribution in [1.29, 1.82) is 0 Å². The number of anilines is 2. The standard InChI is InChI=1S/C30H33Cl2N5O5/c1-5-20(39)8-18-13-37(16(2)38)14-23(18)35-26-10-21-17(12-33-26)9-22(36-30(21)34-19-6-7-42-15-19)27-28(31)24(40-3)11-25(41-4)29(27)32/h5,9-12,18-19,23H,1,6-8,13-15H2,2-4H3,(H,33,35)(H,34,36)/t18-,19?,23+/m0/s1. The molecule has 12 heteroatoms. The van der Waals surface area contributed by atoms with E-state index in [2.05, 4.69) is 22.2 Å². The number of carbonyl (C=O) groups excluding carboxylic acids is 2. The summed E-state index contributed by atoms with van der Waals surface area (Å²) in [7, 11) is 3.05. The van der Waals surface area contributed by atoms with Crippen LogP contribution < -0.4 is 20.1 Å². The number of halogens is 2. The number of rotatable bonds is 10. The predicted molar refractivity (Wildman–Crippen MR) is 164 cm³/mol. The summed E-state index contributed by atoms with van der Waals surface area (Å²) in [6.45, 7) is 7.31. The molecule has 10 nitrogen and oxygen atoms in total. The first-order chi connectivity index (χ1) is 20.2. The van der Waals surface area contributed by atoms with E-state index in [-0.39, 0.29) is 29.7 Å². The van der Waals surface area contributed by atoms with Crippen molar-refractivity contribution in [2.75, 3.05) is 51.2 Å². The predicted octanol–water partition coefficient (Wildman–Crippen LogP) is 5.23. The molecule has 0 bridgehead atoms. The number of carbonyl (C=O) groups is 2. The number of pyridine rings is 2. The van der Waals surface area contributed by atoms with Gasteiger partial charge in [0.25, 0.3) is 0 Å². The second-order valence-corrected chi connectivity index (χ2v) is 11.2. The minimum Gasteiger partial charge on any atom is -0.495 e. The summed E-state index contributed by atoms with van der Waals surface area (Å²) in [4.78, 5) is 35.7. The Kier molecular flexibility index (Phi) is 9.05. The summed E-state index contributed by atoms with van der Waals surface area (Å²) >= 11 is 13.5. The number of methoxy groups -OCH3 is 2. The van der Waals surface area contributed by atoms with Crippen molar-refractivity contribution >= 4 is 57.3 Å². The summed E-state index contributed by atoms with van der Waals surface area (Å²) < 4.78 is 16.5. The SMILES string of the molecule is C=CC(=O)C[C@H]1CN(C(C)=O)C[C@H]1Nc1cc2c(NC3CCOC3)nc(-c3c(Cl)c(OC)cc(OC)c3Cl)cc2cn1. The topological polar surface area (TPSA) is 115 Å². The van der Waals surface area contributed by atoms with Crippen LogP contribution in [0.15, 0.2) is 37.1 Å². The minimum absolute atomic E-state index is 0.0321. The average Bonchev–Trinajstić information content (AvgIpc) is 3.63. The first-order valence-electron chi connectivity index (χ1n) is 13.6. The molecule has 4 heterocycles. The van der Waals surface area contributed by atoms with Crippen LogP contribution in [0, 0.1) is 5.92 Å². The number of hydrogen-bond donors (Lipinski definition) is 2. The molecule has 2 fully saturated rings. The highest BCUT2D eigenvalue weighted by Gasteiger charge is 2.35. The van der Waals surface area contributed by atoms with Crippen LogP contribution in [-0.4, -0.2) is 79.2 Å². The molecule has 1 aromatic carbocycles. The van der Waals surface area contributed by atoms with Gasteiger partial charge < -0.3 is 29.7 Å². The van der Waals surface area contributed by atoms with Crippen molar-refractivity contribution in [3.05, 3.63) is 47.1 Å². The van der Waals surface area contributed by atoms with Crippen LogP contribution in [0.1, 0.15) is 19.8 Å². The van der Waals surface area contributed by atoms with E-state index in [0.29, 0.717) is 77.2 Å². The second kappa shape index (κ2) is 12.7. The molecule has 0 radical (unpaired) electrons. The maximum absolute atomic E-state index is 12.2. The lowest BCUT2D eigenvalue weighted by atomic mass is 9.97. The van der Waals surface area contributed by atoms with Crippen molar-refractivity contribution in [3.63, 3.8) is 0 Å². The Bertz CT molecular complexity index is 1500. The summed E-state index contributed by atoms with van der Waals surface area (Å²) in [5.74, 6) is 1.88. The Labute approximate surface area is 254 Å². The molecular formula is C30H33Cl2N5O5. The number of likely N-dealkylation sites (tertiary alicyclic amines) is 1. The number of ketones is 1. The lowest BCUT2D eigenvalue weighted by Gasteiger charge is -2.21. The highest BCUT2D eigenvalue weighted by atomic mass is 35.5. The number of amides is 1. The Morgan fingerprint density at radius 2 is 1.88 bits per heavy atom. The van der Waals surface area contributed by atoms with Gasteiger partial charge in [-0.2, -0.15) is 0 Å². The molecule has 2 N–H and O–H groups in total. The lowest BCUT2D eigenvalue weighted by molar-refractivity contribution is -0.128. The average molecular weight is 615 g/mol. The zero-order valence-corrected chi connectivity index (χ0v) is 25.2. The van der Waals surface area contributed by atoms with Gasteiger partial charge >= 0.3 is 0 Å². The molecule has 222 valence electrons. The number of aromatic nitrogens is 2. The molecule has 2 aliphatic rings. The third-order valence-corrected chi connectivity index (χ3v) is 8.48. The van der Waals surface area contributed by atoms with Crippen LogP contribution in [0.4, 0.5) is 11.6 Å². The van der Waals surface area contributed by atoms with Gasteiger partial charge in [0.1, 0.15) is 23.1 Å². The molecule has 0 saturated carbocycles. The smallest absolute Gasteiger partial charge is 0.219 e. The number of hydrogen-bond acceptors (Lipinski definition) is 9. The lowest BCUT2D eigenvalue weighted by Crippen LogP contribution is -2.31. The van der Waals surface area contributed by atoms with Crippen LogP contribution in [0.2, 0.25) is 10.0 Å². The van der Waals surface area contributed by atoms with Crippen LogP contribution in [0.3, 0.4) is 0 Å². The van der Waals surface area contributed by atoms with Crippen LogP contribution in [0.5, 0.6) is 11.5 Å². The van der Waals surface area contributed by atoms with E-state index < -0.39 is 0 Å². The molecule has 1 unspecified atom stereocenters. The fraction of sp³-hybridized carbons (Fsp3) is 0.400. The Morgan fingerprint density at radius 3 is 2.50 bits per heavy atom. The summed E-state index contributed by atoms with van der Waals surface area (Å²) in [6.07, 6.45) is 4.20. The van der Waals surface area contributed by atoms with Crippen LogP contribution in [-0.2, 0) is 14.3 Å². The first-order valence-corrected chi connectivity index (χ1v) is 14.4. The molecule has 0 aliphatic carbocycles. The fourth-order valence-corrected chi connectivity index (χ4v) is 6.14. The highest BCUT2D eigenvalue weighted by Crippen LogP contribution is 2.46. The number of allylic oxidation sites excluding steroid dienone is 1. The Balaban J connectivity index is 1.56. The van der Waals surface area contributed by atoms with Gasteiger partial charge in [-0.15, -0.1) is 0 Å². The molecule has 3 atom stereocenters. The van der Waals surface area contributed by atoms with E-state index in [1.54, 1.807) is 17.2 Å². The van der Waals surface area contributed by atoms with Crippen molar-refractivity contribution < 1.29 is 23.8 Å². The number of nitrogens with zero attached hydrogens (tertiary/aromatic N) is 3. The van der Waals surface area contributed by atoms with Crippen molar-refractivity contribution in [2.45, 2.75) is 31.8 Å². The zero-order valence-electron chi connectivity index (χ0n) is 23.7. The fourth-order valence-electron chi connectivity index (χ4n) is 5.45. The third kappa shape index (κ3) is 6.11. The van der Waals surface area contributed by atoms with Gasteiger partial charge in [0.2, 0.25) is 5.91 Å². The van der Waals surface area contributed by atoms with E-state index in [1.165, 1.54) is 27.2 Å². The maximum Gasteiger partial charge on any atom is 0.219 e. The van der Waals surface area contributed by atoms with Crippen molar-refractivity contribution in [2.24, 2.45) is 5.92 Å². The van der Waals surface area contributed by atoms with Gasteiger partial charge in [-0.25, -0.2) is 9.97 Å². The van der Waals surface area contributed by atoms with E-state index in [4.69, 9.17) is 42.4 Å². The summed E-state index contributed by atoms with van der Waals surface area (Å²) in [5, 5.41) is 9.24. The largest absolute Gasteiger partial charge is 0.495 e. The quantitative estimate of drug-likeness (QED) is 0.297. The summed E-state index contributed by atoms with van der Waals surface area (Å²) in [5.41, 5.74) is 1.00.